The summed E-state index contributed by atoms with van der Waals surface area (Å²) in [6.45, 7) is 1.37. The van der Waals surface area contributed by atoms with Crippen LogP contribution >= 0.6 is 23.2 Å². The van der Waals surface area contributed by atoms with E-state index in [-0.39, 0.29) is 27.8 Å². The molecule has 2 aromatic rings. The Hall–Kier alpha value is -3.30. The molecule has 0 aromatic heterocycles. The van der Waals surface area contributed by atoms with Crippen LogP contribution in [0.4, 0.5) is 5.69 Å². The van der Waals surface area contributed by atoms with Gasteiger partial charge >= 0.3 is 0 Å². The molecule has 35 heavy (non-hydrogen) atoms. The fourth-order valence-electron chi connectivity index (χ4n) is 4.65. The Bertz CT molecular complexity index is 1230. The molecule has 0 bridgehead atoms. The van der Waals surface area contributed by atoms with E-state index in [1.54, 1.807) is 0 Å². The maximum Gasteiger partial charge on any atom is 0.273 e. The number of fused-ring (bicyclic) bond motifs is 1. The van der Waals surface area contributed by atoms with Gasteiger partial charge in [0.2, 0.25) is 0 Å². The van der Waals surface area contributed by atoms with Gasteiger partial charge in [0.1, 0.15) is 6.54 Å². The largest absolute Gasteiger partial charge is 0.292 e. The van der Waals surface area contributed by atoms with E-state index in [4.69, 9.17) is 23.2 Å². The molecule has 0 N–H and O–H groups in total. The number of hydrogen-bond donors (Lipinski definition) is 0. The molecular weight excluding hydrogens is 497 g/mol. The molecule has 3 amide bonds. The van der Waals surface area contributed by atoms with Gasteiger partial charge in [0.15, 0.2) is 5.78 Å². The van der Waals surface area contributed by atoms with Gasteiger partial charge in [-0.15, -0.1) is 0 Å². The Balaban J connectivity index is 1.71. The number of rotatable bonds is 6. The molecule has 4 rings (SSSR count). The van der Waals surface area contributed by atoms with Crippen molar-refractivity contribution in [1.82, 2.24) is 10.0 Å². The Kier molecular flexibility index (Phi) is 6.91. The third-order valence-electron chi connectivity index (χ3n) is 6.49. The van der Waals surface area contributed by atoms with Crippen molar-refractivity contribution in [1.29, 1.82) is 0 Å². The van der Waals surface area contributed by atoms with E-state index < -0.39 is 46.8 Å². The zero-order chi connectivity index (χ0) is 25.4. The number of halogens is 2. The van der Waals surface area contributed by atoms with E-state index in [1.165, 1.54) is 30.3 Å². The van der Waals surface area contributed by atoms with Crippen LogP contribution in [0.1, 0.15) is 46.9 Å². The molecule has 0 radical (unpaired) electrons. The van der Waals surface area contributed by atoms with Crippen molar-refractivity contribution in [3.63, 3.8) is 0 Å². The van der Waals surface area contributed by atoms with Crippen LogP contribution in [0.2, 0.25) is 10.0 Å². The minimum atomic E-state index is -0.813. The number of nitrogens with zero attached hydrogens (tertiary/aromatic N) is 3. The highest BCUT2D eigenvalue weighted by molar-refractivity contribution is 6.37. The number of benzene rings is 2. The minimum Gasteiger partial charge on any atom is -0.292 e. The van der Waals surface area contributed by atoms with Crippen LogP contribution in [0.15, 0.2) is 42.5 Å². The summed E-state index contributed by atoms with van der Waals surface area (Å²) >= 11 is 12.1. The SMILES string of the molecule is C[C@@H]1CC[C@@H]2C(=O)N(N(CC(=O)c3ccc(Cl)cc3Cl)C(=O)c3ccc([N+](=O)[O-])cc3)C(=O)[C@@H]2C1. The first-order chi connectivity index (χ1) is 16.6. The molecule has 182 valence electrons. The summed E-state index contributed by atoms with van der Waals surface area (Å²) in [5.74, 6) is -3.35. The molecule has 1 saturated heterocycles. The first-order valence-corrected chi connectivity index (χ1v) is 11.8. The second kappa shape index (κ2) is 9.75. The molecular formula is C24H21Cl2N3O6. The van der Waals surface area contributed by atoms with E-state index in [1.807, 2.05) is 6.92 Å². The number of non-ortho nitro benzene ring substituents is 1. The molecule has 2 fully saturated rings. The number of nitro groups is 1. The number of nitro benzene ring substituents is 1. The predicted molar refractivity (Wildman–Crippen MR) is 127 cm³/mol. The Morgan fingerprint density at radius 3 is 2.34 bits per heavy atom. The summed E-state index contributed by atoms with van der Waals surface area (Å²) in [7, 11) is 0. The molecule has 2 aromatic carbocycles. The van der Waals surface area contributed by atoms with Crippen LogP contribution in [0.5, 0.6) is 0 Å². The third-order valence-corrected chi connectivity index (χ3v) is 7.04. The maximum absolute atomic E-state index is 13.5. The second-order valence-electron chi connectivity index (χ2n) is 8.83. The number of carbonyl (C=O) groups excluding carboxylic acids is 4. The summed E-state index contributed by atoms with van der Waals surface area (Å²) in [6.07, 6.45) is 1.81. The van der Waals surface area contributed by atoms with E-state index in [0.717, 1.165) is 28.6 Å². The summed E-state index contributed by atoms with van der Waals surface area (Å²) < 4.78 is 0. The number of hydrogen-bond acceptors (Lipinski definition) is 6. The summed E-state index contributed by atoms with van der Waals surface area (Å²) in [4.78, 5) is 63.6. The van der Waals surface area contributed by atoms with E-state index in [0.29, 0.717) is 17.9 Å². The molecule has 1 heterocycles. The highest BCUT2D eigenvalue weighted by Crippen LogP contribution is 2.41. The molecule has 0 spiro atoms. The van der Waals surface area contributed by atoms with Gasteiger partial charge in [0.25, 0.3) is 23.4 Å². The molecule has 1 aliphatic heterocycles. The molecule has 3 atom stereocenters. The fourth-order valence-corrected chi connectivity index (χ4v) is 5.17. The van der Waals surface area contributed by atoms with Crippen molar-refractivity contribution in [3.8, 4) is 0 Å². The molecule has 2 aliphatic rings. The van der Waals surface area contributed by atoms with Crippen molar-refractivity contribution >= 4 is 52.4 Å². The third kappa shape index (κ3) is 4.78. The van der Waals surface area contributed by atoms with E-state index in [9.17, 15) is 29.3 Å². The van der Waals surface area contributed by atoms with Crippen molar-refractivity contribution < 1.29 is 24.1 Å². The van der Waals surface area contributed by atoms with Gasteiger partial charge < -0.3 is 0 Å². The van der Waals surface area contributed by atoms with Gasteiger partial charge in [-0.2, -0.15) is 5.01 Å². The van der Waals surface area contributed by atoms with E-state index in [2.05, 4.69) is 0 Å². The van der Waals surface area contributed by atoms with Crippen molar-refractivity contribution in [3.05, 3.63) is 73.8 Å². The number of hydrazine groups is 1. The smallest absolute Gasteiger partial charge is 0.273 e. The van der Waals surface area contributed by atoms with Gasteiger partial charge in [-0.3, -0.25) is 29.3 Å². The first kappa shape index (κ1) is 24.8. The quantitative estimate of drug-likeness (QED) is 0.240. The number of ketones is 1. The van der Waals surface area contributed by atoms with Crippen LogP contribution in [0.3, 0.4) is 0 Å². The van der Waals surface area contributed by atoms with Crippen LogP contribution in [0, 0.1) is 27.9 Å². The van der Waals surface area contributed by atoms with Crippen LogP contribution in [0.25, 0.3) is 0 Å². The summed E-state index contributed by atoms with van der Waals surface area (Å²) in [6, 6.07) is 8.94. The monoisotopic (exact) mass is 517 g/mol. The van der Waals surface area contributed by atoms with Crippen LogP contribution < -0.4 is 0 Å². The van der Waals surface area contributed by atoms with Gasteiger partial charge in [-0.25, -0.2) is 5.01 Å². The molecule has 9 nitrogen and oxygen atoms in total. The number of Topliss-reactive ketones (excluding diaryl/α,β-unsaturated/α-hetero) is 1. The fraction of sp³-hybridized carbons (Fsp3) is 0.333. The zero-order valence-electron chi connectivity index (χ0n) is 18.6. The lowest BCUT2D eigenvalue weighted by Gasteiger charge is -2.30. The maximum atomic E-state index is 13.5. The van der Waals surface area contributed by atoms with Gasteiger partial charge in [-0.05, 0) is 55.5 Å². The molecule has 11 heteroatoms. The number of carbonyl (C=O) groups is 4. The average molecular weight is 518 g/mol. The topological polar surface area (TPSA) is 118 Å². The lowest BCUT2D eigenvalue weighted by atomic mass is 9.76. The summed E-state index contributed by atoms with van der Waals surface area (Å²) in [5.41, 5.74) is -0.178. The van der Waals surface area contributed by atoms with E-state index >= 15 is 0 Å². The lowest BCUT2D eigenvalue weighted by molar-refractivity contribution is -0.384. The van der Waals surface area contributed by atoms with Crippen molar-refractivity contribution in [2.24, 2.45) is 17.8 Å². The Morgan fingerprint density at radius 2 is 1.71 bits per heavy atom. The summed E-state index contributed by atoms with van der Waals surface area (Å²) in [5, 5.41) is 13.0. The Labute approximate surface area is 210 Å². The average Bonchev–Trinajstić information content (AvgIpc) is 3.06. The molecule has 1 saturated carbocycles. The minimum absolute atomic E-state index is 0.0190. The zero-order valence-corrected chi connectivity index (χ0v) is 20.2. The van der Waals surface area contributed by atoms with Gasteiger partial charge in [0.05, 0.1) is 21.8 Å². The Morgan fingerprint density at radius 1 is 1.06 bits per heavy atom. The second-order valence-corrected chi connectivity index (χ2v) is 9.68. The highest BCUT2D eigenvalue weighted by Gasteiger charge is 2.52. The van der Waals surface area contributed by atoms with Gasteiger partial charge in [0, 0.05) is 28.3 Å². The van der Waals surface area contributed by atoms with Crippen molar-refractivity contribution in [2.45, 2.75) is 26.2 Å². The first-order valence-electron chi connectivity index (χ1n) is 11.0. The number of imide groups is 1. The highest BCUT2D eigenvalue weighted by atomic mass is 35.5. The number of amides is 3. The van der Waals surface area contributed by atoms with Gasteiger partial charge in [-0.1, -0.05) is 30.1 Å². The lowest BCUT2D eigenvalue weighted by Crippen LogP contribution is -2.52. The van der Waals surface area contributed by atoms with Crippen molar-refractivity contribution in [2.75, 3.05) is 6.54 Å². The predicted octanol–water partition coefficient (Wildman–Crippen LogP) is 4.56. The van der Waals surface area contributed by atoms with Crippen LogP contribution in [-0.2, 0) is 9.59 Å². The standard InChI is InChI=1S/C24H21Cl2N3O6/c1-13-2-8-17-19(10-13)24(33)28(23(17)32)27(12-21(30)18-9-5-15(25)11-20(18)26)22(31)14-3-6-16(7-4-14)29(34)35/h3-7,9,11,13,17,19H,2,8,10,12H2,1H3/t13-,17+,19-/m1/s1. The molecule has 0 unspecified atom stereocenters. The normalized spacial score (nSPS) is 21.6. The van der Waals surface area contributed by atoms with Crippen LogP contribution in [-0.4, -0.2) is 45.0 Å². The molecule has 1 aliphatic carbocycles.